The SMILES string of the molecule is C[C@H](CO)CBr.Cc1cc(O)cc(C)c1Br.Cc1cc(OC[C@H](C)CO)cc(C)c1Br.Cc1cc(OC[C@H](C)COS(C)(=O)=O)cc(C)c1Br.Cc1cc(OC[C@H](C)CS(C)(=O)=O)cc(C)c1Br. The van der Waals surface area contributed by atoms with Gasteiger partial charge < -0.3 is 29.5 Å². The summed E-state index contributed by atoms with van der Waals surface area (Å²) >= 11 is 17.1. The molecule has 68 heavy (non-hydrogen) atoms. The van der Waals surface area contributed by atoms with Crippen molar-refractivity contribution in [2.45, 2.75) is 83.1 Å². The third kappa shape index (κ3) is 28.9. The van der Waals surface area contributed by atoms with E-state index >= 15 is 0 Å². The standard InChI is InChI=1S/C13H19BrO4S.C13H19BrO3S.C12H17BrO2.C8H9BrO.C4H9BrO/c1-9(8-18-19(4,15)16)7-17-12-5-10(2)13(14)11(3)6-12;1-9(8-18(4,15)16)7-17-12-5-10(2)13(14)11(3)6-12;1-8(6-14)7-15-11-4-9(2)12(13)10(3)5-11;1-5-3-7(10)4-6(2)8(5)9;1-4(2-5)3-6/h5-6,9H,7-8H2,1-4H3;5-6,9H,7-8H2,1-4H3;4-5,8,14H,6-7H2,1-3H3;3-4,10H,1-2H3;4,6H,2-3H2,1H3/t2*9-;8-;;4-/m001.0/s1. The number of halogens is 5. The number of hydrogen-bond acceptors (Lipinski definition) is 11. The number of sulfone groups is 1. The molecule has 0 unspecified atom stereocenters. The highest BCUT2D eigenvalue weighted by molar-refractivity contribution is 9.11. The van der Waals surface area contributed by atoms with Gasteiger partial charge in [0.2, 0.25) is 0 Å². The number of rotatable bonds is 17. The van der Waals surface area contributed by atoms with Gasteiger partial charge in [0.05, 0.1) is 38.4 Å². The maximum absolute atomic E-state index is 11.1. The van der Waals surface area contributed by atoms with E-state index in [0.717, 1.165) is 80.1 Å². The fraction of sp³-hybridized carbons (Fsp3) is 0.520. The molecule has 4 aromatic carbocycles. The van der Waals surface area contributed by atoms with Crippen LogP contribution in [-0.4, -0.2) is 95.4 Å². The quantitative estimate of drug-likeness (QED) is 0.0680. The lowest BCUT2D eigenvalue weighted by Crippen LogP contribution is -2.18. The zero-order chi connectivity index (χ0) is 52.7. The minimum Gasteiger partial charge on any atom is -0.508 e. The van der Waals surface area contributed by atoms with Crippen LogP contribution in [0, 0.1) is 79.1 Å². The summed E-state index contributed by atoms with van der Waals surface area (Å²) in [6.45, 7) is 25.6. The molecule has 3 N–H and O–H groups in total. The van der Waals surface area contributed by atoms with Gasteiger partial charge in [0.15, 0.2) is 0 Å². The first-order valence-electron chi connectivity index (χ1n) is 21.8. The van der Waals surface area contributed by atoms with Gasteiger partial charge in [0, 0.05) is 60.4 Å². The molecule has 11 nitrogen and oxygen atoms in total. The summed E-state index contributed by atoms with van der Waals surface area (Å²) in [5.74, 6) is 3.49. The van der Waals surface area contributed by atoms with Crippen molar-refractivity contribution in [2.75, 3.05) is 63.2 Å². The second-order valence-corrected chi connectivity index (χ2v) is 25.1. The van der Waals surface area contributed by atoms with E-state index < -0.39 is 20.0 Å². The maximum atomic E-state index is 11.1. The molecule has 0 fully saturated rings. The number of aryl methyl sites for hydroxylation is 8. The molecule has 0 saturated heterocycles. The van der Waals surface area contributed by atoms with Crippen molar-refractivity contribution in [3.05, 3.63) is 111 Å². The highest BCUT2D eigenvalue weighted by atomic mass is 79.9. The molecule has 4 aromatic rings. The molecule has 4 rings (SSSR count). The number of phenolic OH excluding ortho intramolecular Hbond substituents is 1. The molecule has 0 heterocycles. The third-order valence-corrected chi connectivity index (χ3v) is 17.1. The number of ether oxygens (including phenoxy) is 3. The molecule has 0 spiro atoms. The second-order valence-electron chi connectivity index (χ2n) is 17.5. The molecule has 0 aromatic heterocycles. The first-order valence-corrected chi connectivity index (χ1v) is 29.9. The van der Waals surface area contributed by atoms with Crippen LogP contribution < -0.4 is 14.2 Å². The van der Waals surface area contributed by atoms with Crippen molar-refractivity contribution in [3.63, 3.8) is 0 Å². The lowest BCUT2D eigenvalue weighted by Gasteiger charge is -2.14. The molecule has 4 atom stereocenters. The van der Waals surface area contributed by atoms with E-state index in [-0.39, 0.29) is 43.3 Å². The van der Waals surface area contributed by atoms with Gasteiger partial charge in [0.25, 0.3) is 10.1 Å². The summed E-state index contributed by atoms with van der Waals surface area (Å²) in [6.07, 6.45) is 2.29. The van der Waals surface area contributed by atoms with Crippen molar-refractivity contribution in [3.8, 4) is 23.0 Å². The molecule has 0 aliphatic rings. The van der Waals surface area contributed by atoms with Crippen LogP contribution in [0.1, 0.15) is 72.2 Å². The summed E-state index contributed by atoms with van der Waals surface area (Å²) in [6, 6.07) is 15.3. The van der Waals surface area contributed by atoms with Crippen molar-refractivity contribution in [1.82, 2.24) is 0 Å². The Balaban J connectivity index is 0.000000860. The number of aromatic hydroxyl groups is 1. The maximum Gasteiger partial charge on any atom is 0.264 e. The van der Waals surface area contributed by atoms with Crippen LogP contribution in [0.5, 0.6) is 23.0 Å². The molecular formula is C50H73Br5O11S2. The summed E-state index contributed by atoms with van der Waals surface area (Å²) < 4.78 is 70.0. The Kier molecular flexibility index (Phi) is 32.2. The van der Waals surface area contributed by atoms with Crippen LogP contribution in [-0.2, 0) is 24.1 Å². The van der Waals surface area contributed by atoms with E-state index in [1.165, 1.54) is 17.4 Å². The number of alkyl halides is 1. The largest absolute Gasteiger partial charge is 0.508 e. The Morgan fingerprint density at radius 3 is 1.00 bits per heavy atom. The van der Waals surface area contributed by atoms with Crippen LogP contribution in [0.2, 0.25) is 0 Å². The summed E-state index contributed by atoms with van der Waals surface area (Å²) in [4.78, 5) is 0. The molecule has 0 bridgehead atoms. The van der Waals surface area contributed by atoms with E-state index in [1.54, 1.807) is 12.1 Å². The van der Waals surface area contributed by atoms with Crippen molar-refractivity contribution >= 4 is 99.6 Å². The van der Waals surface area contributed by atoms with E-state index in [9.17, 15) is 16.8 Å². The fourth-order valence-electron chi connectivity index (χ4n) is 5.56. The number of hydrogen-bond donors (Lipinski definition) is 3. The Labute approximate surface area is 450 Å². The average Bonchev–Trinajstić information content (AvgIpc) is 3.24. The summed E-state index contributed by atoms with van der Waals surface area (Å²) in [7, 11) is -6.32. The predicted octanol–water partition coefficient (Wildman–Crippen LogP) is 13.0. The van der Waals surface area contributed by atoms with Gasteiger partial charge >= 0.3 is 0 Å². The molecule has 386 valence electrons. The molecule has 0 radical (unpaired) electrons. The highest BCUT2D eigenvalue weighted by Gasteiger charge is 2.13. The minimum absolute atomic E-state index is 0.000941. The van der Waals surface area contributed by atoms with Gasteiger partial charge in [-0.05, 0) is 154 Å². The number of phenols is 1. The normalized spacial score (nSPS) is 12.8. The fourth-order valence-corrected chi connectivity index (χ4v) is 8.29. The van der Waals surface area contributed by atoms with Gasteiger partial charge in [-0.2, -0.15) is 8.42 Å². The van der Waals surface area contributed by atoms with Gasteiger partial charge in [-0.1, -0.05) is 107 Å². The van der Waals surface area contributed by atoms with Gasteiger partial charge in [-0.25, -0.2) is 8.42 Å². The first kappa shape index (κ1) is 66.3. The predicted molar refractivity (Wildman–Crippen MR) is 298 cm³/mol. The summed E-state index contributed by atoms with van der Waals surface area (Å²) in [5.41, 5.74) is 8.91. The van der Waals surface area contributed by atoms with Crippen LogP contribution in [0.25, 0.3) is 0 Å². The minimum atomic E-state index is -3.38. The van der Waals surface area contributed by atoms with Crippen molar-refractivity contribution in [1.29, 1.82) is 0 Å². The number of benzene rings is 4. The zero-order valence-corrected chi connectivity index (χ0v) is 51.5. The second kappa shape index (κ2) is 33.1. The molecule has 0 saturated carbocycles. The molecule has 0 amide bonds. The van der Waals surface area contributed by atoms with Crippen LogP contribution in [0.4, 0.5) is 0 Å². The molecular weight excluding hydrogens is 1240 g/mol. The number of aliphatic hydroxyl groups excluding tert-OH is 2. The Morgan fingerprint density at radius 2 is 0.750 bits per heavy atom. The molecule has 18 heteroatoms. The third-order valence-electron chi connectivity index (χ3n) is 9.30. The van der Waals surface area contributed by atoms with E-state index in [2.05, 4.69) is 79.6 Å². The number of aliphatic hydroxyl groups is 2. The van der Waals surface area contributed by atoms with Crippen LogP contribution in [0.15, 0.2) is 66.4 Å². The molecule has 0 aliphatic heterocycles. The average molecular weight is 1310 g/mol. The van der Waals surface area contributed by atoms with Gasteiger partial charge in [-0.3, -0.25) is 4.18 Å². The Morgan fingerprint density at radius 1 is 0.471 bits per heavy atom. The monoisotopic (exact) mass is 1310 g/mol. The topological polar surface area (TPSA) is 166 Å². The van der Waals surface area contributed by atoms with Gasteiger partial charge in [0.1, 0.15) is 32.8 Å². The van der Waals surface area contributed by atoms with E-state index in [1.807, 2.05) is 119 Å². The zero-order valence-electron chi connectivity index (χ0n) is 41.9. The van der Waals surface area contributed by atoms with E-state index in [4.69, 9.17) is 33.7 Å². The van der Waals surface area contributed by atoms with Crippen LogP contribution in [0.3, 0.4) is 0 Å². The lowest BCUT2D eigenvalue weighted by molar-refractivity contribution is 0.174. The van der Waals surface area contributed by atoms with Crippen LogP contribution >= 0.6 is 79.6 Å². The summed E-state index contributed by atoms with van der Waals surface area (Å²) in [5, 5.41) is 27.2. The van der Waals surface area contributed by atoms with Crippen molar-refractivity contribution in [2.24, 2.45) is 23.7 Å². The molecule has 0 aliphatic carbocycles. The first-order chi connectivity index (χ1) is 31.3. The smallest absolute Gasteiger partial charge is 0.264 e. The lowest BCUT2D eigenvalue weighted by atomic mass is 10.1. The van der Waals surface area contributed by atoms with Gasteiger partial charge in [-0.15, -0.1) is 0 Å². The van der Waals surface area contributed by atoms with Crippen molar-refractivity contribution < 1.29 is 50.5 Å². The highest BCUT2D eigenvalue weighted by Crippen LogP contribution is 2.29. The Bertz CT molecular complexity index is 2280. The van der Waals surface area contributed by atoms with E-state index in [0.29, 0.717) is 31.5 Å². The Hall–Kier alpha value is -1.74.